The fraction of sp³-hybridized carbons (Fsp3) is 1.00. The Kier molecular flexibility index (Phi) is 14.8. The summed E-state index contributed by atoms with van der Waals surface area (Å²) in [6, 6.07) is 0. The number of hydrogen-bond acceptors (Lipinski definition) is 5. The lowest BCUT2D eigenvalue weighted by molar-refractivity contribution is -0.00463. The van der Waals surface area contributed by atoms with Crippen molar-refractivity contribution >= 4 is 0 Å². The normalized spacial score (nSPS) is 14.1. The highest BCUT2D eigenvalue weighted by atomic mass is 16.6. The van der Waals surface area contributed by atoms with Gasteiger partial charge in [0.25, 0.3) is 0 Å². The van der Waals surface area contributed by atoms with Gasteiger partial charge in [-0.3, -0.25) is 4.84 Å². The van der Waals surface area contributed by atoms with Crippen molar-refractivity contribution in [2.75, 3.05) is 27.4 Å². The molecule has 0 bridgehead atoms. The Morgan fingerprint density at radius 2 is 1.71 bits per heavy atom. The summed E-state index contributed by atoms with van der Waals surface area (Å²) in [6.07, 6.45) is 0.625. The Hall–Kier alpha value is -0.200. The van der Waals surface area contributed by atoms with Crippen LogP contribution in [0.25, 0.3) is 0 Å². The third-order valence-corrected chi connectivity index (χ3v) is 1.41. The van der Waals surface area contributed by atoms with E-state index in [4.69, 9.17) is 15.7 Å². The standard InChI is InChI=1S/C5H13NO2.C4H10O2/c1-3-5(8-6)4-7-2;1-4(5)3-6-2/h5H,3-4,6H2,1-2H3;4-5H,3H2,1-2H3. The number of aliphatic hydroxyl groups excluding tert-OH is 1. The topological polar surface area (TPSA) is 73.9 Å². The van der Waals surface area contributed by atoms with Crippen LogP contribution in [0.15, 0.2) is 0 Å². The number of hydrogen-bond donors (Lipinski definition) is 2. The van der Waals surface area contributed by atoms with E-state index in [0.29, 0.717) is 13.2 Å². The van der Waals surface area contributed by atoms with Crippen LogP contribution in [-0.4, -0.2) is 44.7 Å². The zero-order chi connectivity index (χ0) is 11.4. The Morgan fingerprint density at radius 3 is 1.79 bits per heavy atom. The summed E-state index contributed by atoms with van der Waals surface area (Å²) < 4.78 is 9.33. The van der Waals surface area contributed by atoms with Gasteiger partial charge in [-0.25, -0.2) is 5.90 Å². The highest BCUT2D eigenvalue weighted by Crippen LogP contribution is 1.92. The molecule has 0 heterocycles. The van der Waals surface area contributed by atoms with Gasteiger partial charge < -0.3 is 14.6 Å². The summed E-state index contributed by atoms with van der Waals surface area (Å²) in [5.74, 6) is 4.89. The minimum absolute atomic E-state index is 0.0556. The highest BCUT2D eigenvalue weighted by Gasteiger charge is 2.01. The predicted octanol–water partition coefficient (Wildman–Crippen LogP) is 0.315. The van der Waals surface area contributed by atoms with Crippen LogP contribution in [0.1, 0.15) is 20.3 Å². The van der Waals surface area contributed by atoms with Crippen molar-refractivity contribution in [1.29, 1.82) is 0 Å². The van der Waals surface area contributed by atoms with E-state index in [1.165, 1.54) is 0 Å². The lowest BCUT2D eigenvalue weighted by Crippen LogP contribution is -2.21. The molecule has 0 aromatic carbocycles. The summed E-state index contributed by atoms with van der Waals surface area (Å²) in [6.45, 7) is 4.69. The number of aliphatic hydroxyl groups is 1. The third kappa shape index (κ3) is 14.3. The molecule has 0 aliphatic rings. The Morgan fingerprint density at radius 1 is 1.21 bits per heavy atom. The maximum Gasteiger partial charge on any atom is 0.102 e. The molecule has 5 nitrogen and oxygen atoms in total. The van der Waals surface area contributed by atoms with Crippen LogP contribution in [0.3, 0.4) is 0 Å². The van der Waals surface area contributed by atoms with Crippen LogP contribution in [0, 0.1) is 0 Å². The summed E-state index contributed by atoms with van der Waals surface area (Å²) in [5, 5.41) is 8.43. The average Bonchev–Trinajstić information content (AvgIpc) is 2.15. The second-order valence-corrected chi connectivity index (χ2v) is 2.93. The molecular formula is C9H23NO4. The van der Waals surface area contributed by atoms with Gasteiger partial charge in [-0.1, -0.05) is 6.92 Å². The van der Waals surface area contributed by atoms with Crippen LogP contribution in [0.5, 0.6) is 0 Å². The van der Waals surface area contributed by atoms with E-state index in [0.717, 1.165) is 6.42 Å². The van der Waals surface area contributed by atoms with Crippen molar-refractivity contribution in [3.63, 3.8) is 0 Å². The molecule has 0 rings (SSSR count). The molecule has 0 fully saturated rings. The van der Waals surface area contributed by atoms with Gasteiger partial charge in [-0.05, 0) is 13.3 Å². The molecule has 0 aliphatic heterocycles. The van der Waals surface area contributed by atoms with Crippen molar-refractivity contribution in [3.8, 4) is 0 Å². The van der Waals surface area contributed by atoms with Crippen LogP contribution >= 0.6 is 0 Å². The Bertz CT molecular complexity index is 96.8. The largest absolute Gasteiger partial charge is 0.391 e. The van der Waals surface area contributed by atoms with Crippen LogP contribution < -0.4 is 5.90 Å². The first-order chi connectivity index (χ1) is 6.62. The first kappa shape index (κ1) is 16.2. The maximum absolute atomic E-state index is 8.43. The average molecular weight is 209 g/mol. The van der Waals surface area contributed by atoms with Gasteiger partial charge in [0.05, 0.1) is 19.3 Å². The van der Waals surface area contributed by atoms with E-state index in [2.05, 4.69) is 9.57 Å². The molecule has 14 heavy (non-hydrogen) atoms. The van der Waals surface area contributed by atoms with Crippen molar-refractivity contribution in [2.45, 2.75) is 32.5 Å². The number of nitrogens with two attached hydrogens (primary N) is 1. The van der Waals surface area contributed by atoms with Crippen molar-refractivity contribution in [3.05, 3.63) is 0 Å². The van der Waals surface area contributed by atoms with E-state index in [1.807, 2.05) is 6.92 Å². The van der Waals surface area contributed by atoms with Gasteiger partial charge in [-0.2, -0.15) is 0 Å². The molecule has 88 valence electrons. The predicted molar refractivity (Wildman–Crippen MR) is 54.8 cm³/mol. The summed E-state index contributed by atoms with van der Waals surface area (Å²) in [4.78, 5) is 4.51. The molecule has 0 saturated heterocycles. The summed E-state index contributed by atoms with van der Waals surface area (Å²) in [7, 11) is 3.19. The minimum atomic E-state index is -0.324. The van der Waals surface area contributed by atoms with Gasteiger partial charge >= 0.3 is 0 Å². The third-order valence-electron chi connectivity index (χ3n) is 1.41. The minimum Gasteiger partial charge on any atom is -0.391 e. The van der Waals surface area contributed by atoms with Gasteiger partial charge in [0, 0.05) is 14.2 Å². The lowest BCUT2D eigenvalue weighted by Gasteiger charge is -2.08. The first-order valence-electron chi connectivity index (χ1n) is 4.63. The fourth-order valence-electron chi connectivity index (χ4n) is 0.680. The highest BCUT2D eigenvalue weighted by molar-refractivity contribution is 4.48. The van der Waals surface area contributed by atoms with Crippen molar-refractivity contribution in [1.82, 2.24) is 0 Å². The van der Waals surface area contributed by atoms with E-state index >= 15 is 0 Å². The van der Waals surface area contributed by atoms with Crippen LogP contribution in [-0.2, 0) is 14.3 Å². The second kappa shape index (κ2) is 12.8. The molecule has 0 radical (unpaired) electrons. The zero-order valence-electron chi connectivity index (χ0n) is 9.53. The molecule has 2 atom stereocenters. The molecule has 0 amide bonds. The van der Waals surface area contributed by atoms with E-state index in [1.54, 1.807) is 21.1 Å². The first-order valence-corrected chi connectivity index (χ1v) is 4.63. The molecule has 0 saturated carbocycles. The van der Waals surface area contributed by atoms with Crippen molar-refractivity contribution in [2.24, 2.45) is 5.90 Å². The molecule has 3 N–H and O–H groups in total. The quantitative estimate of drug-likeness (QED) is 0.616. The van der Waals surface area contributed by atoms with Crippen LogP contribution in [0.4, 0.5) is 0 Å². The Balaban J connectivity index is 0. The summed E-state index contributed by atoms with van der Waals surface area (Å²) in [5.41, 5.74) is 0. The molecule has 0 aromatic heterocycles. The van der Waals surface area contributed by atoms with Gasteiger partial charge in [0.15, 0.2) is 0 Å². The molecule has 0 aliphatic carbocycles. The molecule has 0 spiro atoms. The van der Waals surface area contributed by atoms with E-state index in [9.17, 15) is 0 Å². The molecule has 0 aromatic rings. The zero-order valence-corrected chi connectivity index (χ0v) is 9.53. The maximum atomic E-state index is 8.43. The number of ether oxygens (including phenoxy) is 2. The summed E-state index contributed by atoms with van der Waals surface area (Å²) >= 11 is 0. The number of rotatable bonds is 6. The van der Waals surface area contributed by atoms with Crippen LogP contribution in [0.2, 0.25) is 0 Å². The van der Waals surface area contributed by atoms with Gasteiger partial charge in [-0.15, -0.1) is 0 Å². The molecular weight excluding hydrogens is 186 g/mol. The van der Waals surface area contributed by atoms with E-state index < -0.39 is 0 Å². The fourth-order valence-corrected chi connectivity index (χ4v) is 0.680. The van der Waals surface area contributed by atoms with Crippen molar-refractivity contribution < 1.29 is 19.4 Å². The van der Waals surface area contributed by atoms with Gasteiger partial charge in [0.2, 0.25) is 0 Å². The lowest BCUT2D eigenvalue weighted by atomic mass is 10.3. The second-order valence-electron chi connectivity index (χ2n) is 2.93. The molecule has 5 heteroatoms. The SMILES string of the molecule is CCC(COC)ON.COCC(C)O. The smallest absolute Gasteiger partial charge is 0.102 e. The molecule has 2 unspecified atom stereocenters. The van der Waals surface area contributed by atoms with E-state index in [-0.39, 0.29) is 12.2 Å². The van der Waals surface area contributed by atoms with Gasteiger partial charge in [0.1, 0.15) is 6.10 Å². The monoisotopic (exact) mass is 209 g/mol. The number of methoxy groups -OCH3 is 2. The Labute approximate surface area is 86.1 Å².